The number of nitriles is 1. The van der Waals surface area contributed by atoms with E-state index in [2.05, 4.69) is 0 Å². The second kappa shape index (κ2) is 4.55. The molecule has 0 aliphatic carbocycles. The van der Waals surface area contributed by atoms with E-state index >= 15 is 0 Å². The van der Waals surface area contributed by atoms with Gasteiger partial charge in [0.2, 0.25) is 0 Å². The first-order valence-corrected chi connectivity index (χ1v) is 5.01. The topological polar surface area (TPSA) is 84.0 Å². The van der Waals surface area contributed by atoms with Crippen LogP contribution in [0.3, 0.4) is 0 Å². The lowest BCUT2D eigenvalue weighted by Gasteiger charge is -2.01. The molecule has 0 aliphatic rings. The maximum Gasteiger partial charge on any atom is 0.301 e. The van der Waals surface area contributed by atoms with Gasteiger partial charge in [-0.3, -0.25) is 14.9 Å². The number of nitrogens with zero attached hydrogens (tertiary/aromatic N) is 2. The second-order valence-corrected chi connectivity index (χ2v) is 3.97. The lowest BCUT2D eigenvalue weighted by molar-refractivity contribution is -0.386. The van der Waals surface area contributed by atoms with Gasteiger partial charge in [0.05, 0.1) is 14.1 Å². The molecular formula is C8H2ClIN2O3. The van der Waals surface area contributed by atoms with E-state index in [1.54, 1.807) is 28.7 Å². The van der Waals surface area contributed by atoms with Gasteiger partial charge >= 0.3 is 5.69 Å². The van der Waals surface area contributed by atoms with Gasteiger partial charge in [-0.2, -0.15) is 5.26 Å². The van der Waals surface area contributed by atoms with Crippen molar-refractivity contribution in [2.75, 3.05) is 0 Å². The Bertz CT molecular complexity index is 495. The van der Waals surface area contributed by atoms with E-state index in [1.807, 2.05) is 0 Å². The van der Waals surface area contributed by atoms with Gasteiger partial charge in [-0.05, 0) is 46.3 Å². The van der Waals surface area contributed by atoms with Crippen molar-refractivity contribution in [3.8, 4) is 6.07 Å². The number of carbonyl (C=O) groups is 1. The third-order valence-electron chi connectivity index (χ3n) is 1.63. The first-order valence-electron chi connectivity index (χ1n) is 3.56. The van der Waals surface area contributed by atoms with Crippen LogP contribution in [-0.4, -0.2) is 10.2 Å². The molecule has 0 N–H and O–H groups in total. The van der Waals surface area contributed by atoms with Crippen LogP contribution in [0.5, 0.6) is 0 Å². The van der Waals surface area contributed by atoms with Crippen molar-refractivity contribution >= 4 is 45.1 Å². The minimum atomic E-state index is -0.883. The fourth-order valence-corrected chi connectivity index (χ4v) is 1.83. The Hall–Kier alpha value is -1.20. The molecule has 0 atom stereocenters. The molecule has 0 spiro atoms. The van der Waals surface area contributed by atoms with Crippen molar-refractivity contribution in [1.82, 2.24) is 0 Å². The van der Waals surface area contributed by atoms with Crippen molar-refractivity contribution < 1.29 is 9.72 Å². The van der Waals surface area contributed by atoms with Crippen molar-refractivity contribution in [2.24, 2.45) is 0 Å². The summed E-state index contributed by atoms with van der Waals surface area (Å²) in [5.74, 6) is 0. The van der Waals surface area contributed by atoms with Crippen LogP contribution < -0.4 is 0 Å². The smallest absolute Gasteiger partial charge is 0.276 e. The molecule has 0 radical (unpaired) electrons. The van der Waals surface area contributed by atoms with Gasteiger partial charge in [-0.1, -0.05) is 0 Å². The maximum atomic E-state index is 10.9. The van der Waals surface area contributed by atoms with E-state index in [0.717, 1.165) is 0 Å². The van der Waals surface area contributed by atoms with Crippen molar-refractivity contribution in [3.05, 3.63) is 36.9 Å². The first kappa shape index (κ1) is 11.9. The molecule has 0 fully saturated rings. The number of carbonyl (C=O) groups excluding carboxylic acids is 1. The summed E-state index contributed by atoms with van der Waals surface area (Å²) in [5.41, 5.74) is -0.831. The molecular weight excluding hydrogens is 334 g/mol. The lowest BCUT2D eigenvalue weighted by Crippen LogP contribution is -2.02. The third kappa shape index (κ3) is 2.24. The zero-order chi connectivity index (χ0) is 11.6. The first-order chi connectivity index (χ1) is 6.99. The SMILES string of the molecule is N#Cc1c(C(=O)Cl)ccc(I)c1[N+](=O)[O-]. The minimum Gasteiger partial charge on any atom is -0.276 e. The van der Waals surface area contributed by atoms with Gasteiger partial charge in [0.25, 0.3) is 5.24 Å². The van der Waals surface area contributed by atoms with Gasteiger partial charge in [0.15, 0.2) is 0 Å². The maximum absolute atomic E-state index is 10.9. The molecule has 0 saturated heterocycles. The largest absolute Gasteiger partial charge is 0.301 e. The van der Waals surface area contributed by atoms with Crippen LogP contribution in [0.25, 0.3) is 0 Å². The van der Waals surface area contributed by atoms with E-state index in [9.17, 15) is 14.9 Å². The van der Waals surface area contributed by atoms with Gasteiger partial charge in [0.1, 0.15) is 11.6 Å². The highest BCUT2D eigenvalue weighted by molar-refractivity contribution is 14.1. The average molecular weight is 336 g/mol. The Morgan fingerprint density at radius 1 is 1.60 bits per heavy atom. The normalized spacial score (nSPS) is 9.40. The van der Waals surface area contributed by atoms with Crippen molar-refractivity contribution in [1.29, 1.82) is 5.26 Å². The molecule has 1 aromatic carbocycles. The van der Waals surface area contributed by atoms with Crippen molar-refractivity contribution in [3.63, 3.8) is 0 Å². The Kier molecular flexibility index (Phi) is 3.60. The molecule has 7 heteroatoms. The summed E-state index contributed by atoms with van der Waals surface area (Å²) in [7, 11) is 0. The van der Waals surface area contributed by atoms with E-state index in [-0.39, 0.29) is 20.4 Å². The molecule has 0 bridgehead atoms. The second-order valence-electron chi connectivity index (χ2n) is 2.46. The van der Waals surface area contributed by atoms with Crippen LogP contribution in [0.4, 0.5) is 5.69 Å². The summed E-state index contributed by atoms with van der Waals surface area (Å²) in [4.78, 5) is 20.9. The Balaban J connectivity index is 3.64. The third-order valence-corrected chi connectivity index (χ3v) is 2.71. The number of nitro groups is 1. The number of hydrogen-bond donors (Lipinski definition) is 0. The Morgan fingerprint density at radius 3 is 2.60 bits per heavy atom. The molecule has 15 heavy (non-hydrogen) atoms. The van der Waals surface area contributed by atoms with Gasteiger partial charge in [-0.25, -0.2) is 0 Å². The van der Waals surface area contributed by atoms with Crippen LogP contribution in [0.15, 0.2) is 12.1 Å². The van der Waals surface area contributed by atoms with Crippen LogP contribution in [0.2, 0.25) is 0 Å². The average Bonchev–Trinajstić information content (AvgIpc) is 2.15. The standard InChI is InChI=1S/C8H2ClIN2O3/c9-8(13)4-1-2-6(10)7(12(14)15)5(4)3-11/h1-2H. The number of rotatable bonds is 2. The Morgan fingerprint density at radius 2 is 2.20 bits per heavy atom. The highest BCUT2D eigenvalue weighted by atomic mass is 127. The molecule has 1 rings (SSSR count). The van der Waals surface area contributed by atoms with E-state index < -0.39 is 10.2 Å². The summed E-state index contributed by atoms with van der Waals surface area (Å²) in [6.07, 6.45) is 0. The fraction of sp³-hybridized carbons (Fsp3) is 0. The number of nitro benzene ring substituents is 1. The summed E-state index contributed by atoms with van der Waals surface area (Å²) in [6, 6.07) is 4.28. The molecule has 5 nitrogen and oxygen atoms in total. The summed E-state index contributed by atoms with van der Waals surface area (Å²) in [6.45, 7) is 0. The van der Waals surface area contributed by atoms with Gasteiger partial charge < -0.3 is 0 Å². The van der Waals surface area contributed by atoms with E-state index in [4.69, 9.17) is 16.9 Å². The molecule has 0 unspecified atom stereocenters. The quantitative estimate of drug-likeness (QED) is 0.359. The van der Waals surface area contributed by atoms with Crippen LogP contribution in [0.1, 0.15) is 15.9 Å². The predicted octanol–water partition coefficient (Wildman–Crippen LogP) is 2.45. The minimum absolute atomic E-state index is 0.147. The molecule has 0 aliphatic heterocycles. The molecule has 0 heterocycles. The highest BCUT2D eigenvalue weighted by Gasteiger charge is 2.24. The van der Waals surface area contributed by atoms with Crippen LogP contribution in [-0.2, 0) is 0 Å². The van der Waals surface area contributed by atoms with E-state index in [1.165, 1.54) is 12.1 Å². The number of hydrogen-bond acceptors (Lipinski definition) is 4. The highest BCUT2D eigenvalue weighted by Crippen LogP contribution is 2.28. The summed E-state index contributed by atoms with van der Waals surface area (Å²) in [5, 5.41) is 18.5. The number of halogens is 2. The molecule has 76 valence electrons. The molecule has 0 amide bonds. The predicted molar refractivity (Wildman–Crippen MR) is 60.7 cm³/mol. The summed E-state index contributed by atoms with van der Waals surface area (Å²) >= 11 is 6.92. The number of benzene rings is 1. The molecule has 0 saturated carbocycles. The summed E-state index contributed by atoms with van der Waals surface area (Å²) < 4.78 is 0.288. The molecule has 1 aromatic rings. The van der Waals surface area contributed by atoms with Gasteiger partial charge in [-0.15, -0.1) is 0 Å². The van der Waals surface area contributed by atoms with Crippen LogP contribution in [0, 0.1) is 25.0 Å². The zero-order valence-corrected chi connectivity index (χ0v) is 9.94. The van der Waals surface area contributed by atoms with E-state index in [0.29, 0.717) is 0 Å². The lowest BCUT2D eigenvalue weighted by atomic mass is 10.1. The van der Waals surface area contributed by atoms with Crippen LogP contribution >= 0.6 is 34.2 Å². The van der Waals surface area contributed by atoms with Crippen molar-refractivity contribution in [2.45, 2.75) is 0 Å². The zero-order valence-electron chi connectivity index (χ0n) is 7.03. The Labute approximate surface area is 103 Å². The fourth-order valence-electron chi connectivity index (χ4n) is 1.02. The molecule has 0 aromatic heterocycles. The van der Waals surface area contributed by atoms with Gasteiger partial charge in [0, 0.05) is 0 Å². The monoisotopic (exact) mass is 336 g/mol.